The summed E-state index contributed by atoms with van der Waals surface area (Å²) in [6.07, 6.45) is 3.42. The summed E-state index contributed by atoms with van der Waals surface area (Å²) in [7, 11) is 0. The zero-order valence-corrected chi connectivity index (χ0v) is 17.3. The normalized spacial score (nSPS) is 16.0. The Hall–Kier alpha value is -3.86. The lowest BCUT2D eigenvalue weighted by Crippen LogP contribution is -2.40. The highest BCUT2D eigenvalue weighted by Crippen LogP contribution is 2.30. The van der Waals surface area contributed by atoms with Crippen molar-refractivity contribution >= 4 is 11.8 Å². The van der Waals surface area contributed by atoms with Gasteiger partial charge in [-0.05, 0) is 44.0 Å². The monoisotopic (exact) mass is 416 g/mol. The molecule has 158 valence electrons. The molecule has 8 heteroatoms. The van der Waals surface area contributed by atoms with Gasteiger partial charge in [0.2, 0.25) is 0 Å². The Morgan fingerprint density at radius 1 is 1.26 bits per heavy atom. The van der Waals surface area contributed by atoms with E-state index < -0.39 is 0 Å². The number of carbonyl (C=O) groups excluding carboxylic acids is 2. The first-order valence-electron chi connectivity index (χ1n) is 10.4. The van der Waals surface area contributed by atoms with E-state index in [9.17, 15) is 9.59 Å². The lowest BCUT2D eigenvalue weighted by atomic mass is 9.92. The minimum absolute atomic E-state index is 0.0503. The standard InChI is InChI=1S/C23H24N6O2/c1-2-25-22(30)19-15-29(18-8-4-3-5-9-18)27-21(19)16-7-6-12-28(14-16)23(31)20-11-10-17(13-24)26-20/h3-5,8-11,15-16,26H,2,6-7,12,14H2,1H3,(H,25,30)/t16-/m1/s1. The van der Waals surface area contributed by atoms with Crippen LogP contribution in [0.1, 0.15) is 57.9 Å². The molecule has 1 atom stereocenters. The van der Waals surface area contributed by atoms with Gasteiger partial charge in [0.05, 0.1) is 16.9 Å². The SMILES string of the molecule is CCNC(=O)c1cn(-c2ccccc2)nc1[C@@H]1CCCN(C(=O)c2ccc(C#N)[nH]2)C1. The molecule has 0 spiro atoms. The summed E-state index contributed by atoms with van der Waals surface area (Å²) in [5, 5.41) is 16.6. The molecule has 2 aromatic heterocycles. The van der Waals surface area contributed by atoms with E-state index in [0.29, 0.717) is 42.3 Å². The number of aromatic amines is 1. The number of benzene rings is 1. The highest BCUT2D eigenvalue weighted by Gasteiger charge is 2.31. The predicted octanol–water partition coefficient (Wildman–Crippen LogP) is 2.84. The second kappa shape index (κ2) is 8.88. The summed E-state index contributed by atoms with van der Waals surface area (Å²) in [4.78, 5) is 30.3. The summed E-state index contributed by atoms with van der Waals surface area (Å²) in [6, 6.07) is 14.9. The maximum absolute atomic E-state index is 12.9. The molecule has 1 aliphatic rings. The fourth-order valence-corrected chi connectivity index (χ4v) is 3.97. The van der Waals surface area contributed by atoms with Gasteiger partial charge in [-0.3, -0.25) is 9.59 Å². The molecule has 2 amide bonds. The first kappa shape index (κ1) is 20.4. The Labute approximate surface area is 180 Å². The van der Waals surface area contributed by atoms with Gasteiger partial charge in [0.25, 0.3) is 11.8 Å². The second-order valence-corrected chi connectivity index (χ2v) is 7.56. The van der Waals surface area contributed by atoms with Crippen LogP contribution in [0.4, 0.5) is 0 Å². The smallest absolute Gasteiger partial charge is 0.270 e. The molecule has 3 heterocycles. The molecule has 0 unspecified atom stereocenters. The number of nitriles is 1. The molecule has 8 nitrogen and oxygen atoms in total. The van der Waals surface area contributed by atoms with Crippen LogP contribution in [0.5, 0.6) is 0 Å². The van der Waals surface area contributed by atoms with Crippen LogP contribution in [0.3, 0.4) is 0 Å². The topological polar surface area (TPSA) is 107 Å². The van der Waals surface area contributed by atoms with E-state index in [-0.39, 0.29) is 17.7 Å². The van der Waals surface area contributed by atoms with Gasteiger partial charge >= 0.3 is 0 Å². The Kier molecular flexibility index (Phi) is 5.85. The Bertz CT molecular complexity index is 1120. The third-order valence-corrected chi connectivity index (χ3v) is 5.48. The van der Waals surface area contributed by atoms with Gasteiger partial charge in [-0.15, -0.1) is 0 Å². The average molecular weight is 416 g/mol. The number of carbonyl (C=O) groups is 2. The van der Waals surface area contributed by atoms with Crippen LogP contribution in [-0.2, 0) is 0 Å². The summed E-state index contributed by atoms with van der Waals surface area (Å²) < 4.78 is 1.73. The van der Waals surface area contributed by atoms with E-state index in [1.807, 2.05) is 43.3 Å². The number of H-pyrrole nitrogens is 1. The van der Waals surface area contributed by atoms with E-state index in [2.05, 4.69) is 10.3 Å². The number of piperidine rings is 1. The molecular weight excluding hydrogens is 392 g/mol. The quantitative estimate of drug-likeness (QED) is 0.667. The Morgan fingerprint density at radius 2 is 2.06 bits per heavy atom. The molecule has 2 N–H and O–H groups in total. The van der Waals surface area contributed by atoms with E-state index in [1.165, 1.54) is 0 Å². The van der Waals surface area contributed by atoms with E-state index >= 15 is 0 Å². The van der Waals surface area contributed by atoms with Crippen LogP contribution >= 0.6 is 0 Å². The van der Waals surface area contributed by atoms with Gasteiger partial charge in [-0.1, -0.05) is 18.2 Å². The Balaban J connectivity index is 1.62. The van der Waals surface area contributed by atoms with Crippen LogP contribution in [-0.4, -0.2) is 51.1 Å². The van der Waals surface area contributed by atoms with Gasteiger partial charge < -0.3 is 15.2 Å². The minimum atomic E-state index is -0.161. The lowest BCUT2D eigenvalue weighted by molar-refractivity contribution is 0.0700. The number of para-hydroxylation sites is 1. The largest absolute Gasteiger partial charge is 0.352 e. The van der Waals surface area contributed by atoms with Crippen molar-refractivity contribution in [3.63, 3.8) is 0 Å². The fraction of sp³-hybridized carbons (Fsp3) is 0.304. The number of likely N-dealkylation sites (tertiary alicyclic amines) is 1. The minimum Gasteiger partial charge on any atom is -0.352 e. The third-order valence-electron chi connectivity index (χ3n) is 5.48. The molecule has 0 aliphatic carbocycles. The molecule has 1 aliphatic heterocycles. The van der Waals surface area contributed by atoms with E-state index in [1.54, 1.807) is 27.9 Å². The van der Waals surface area contributed by atoms with Crippen molar-refractivity contribution in [2.45, 2.75) is 25.7 Å². The van der Waals surface area contributed by atoms with Gasteiger partial charge in [-0.2, -0.15) is 10.4 Å². The number of amides is 2. The molecule has 0 bridgehead atoms. The van der Waals surface area contributed by atoms with Crippen LogP contribution in [0.25, 0.3) is 5.69 Å². The summed E-state index contributed by atoms with van der Waals surface area (Å²) in [5.41, 5.74) is 2.87. The summed E-state index contributed by atoms with van der Waals surface area (Å²) in [5.74, 6) is -0.356. The zero-order chi connectivity index (χ0) is 21.8. The molecule has 1 fully saturated rings. The number of nitrogens with one attached hydrogen (secondary N) is 2. The highest BCUT2D eigenvalue weighted by atomic mass is 16.2. The predicted molar refractivity (Wildman–Crippen MR) is 115 cm³/mol. The number of aromatic nitrogens is 3. The maximum Gasteiger partial charge on any atom is 0.270 e. The van der Waals surface area contributed by atoms with Crippen molar-refractivity contribution in [3.8, 4) is 11.8 Å². The first-order chi connectivity index (χ1) is 15.1. The first-order valence-corrected chi connectivity index (χ1v) is 10.4. The van der Waals surface area contributed by atoms with Crippen molar-refractivity contribution in [1.82, 2.24) is 25.0 Å². The van der Waals surface area contributed by atoms with Crippen molar-refractivity contribution in [3.05, 3.63) is 71.3 Å². The highest BCUT2D eigenvalue weighted by molar-refractivity contribution is 5.95. The maximum atomic E-state index is 12.9. The molecule has 0 saturated carbocycles. The van der Waals surface area contributed by atoms with E-state index in [0.717, 1.165) is 18.5 Å². The van der Waals surface area contributed by atoms with Crippen molar-refractivity contribution in [1.29, 1.82) is 5.26 Å². The van der Waals surface area contributed by atoms with Crippen LogP contribution < -0.4 is 5.32 Å². The van der Waals surface area contributed by atoms with Crippen LogP contribution in [0.2, 0.25) is 0 Å². The van der Waals surface area contributed by atoms with Crippen molar-refractivity contribution < 1.29 is 9.59 Å². The third kappa shape index (κ3) is 4.21. The number of nitrogens with zero attached hydrogens (tertiary/aromatic N) is 4. The molecule has 0 radical (unpaired) electrons. The average Bonchev–Trinajstić information content (AvgIpc) is 3.47. The van der Waals surface area contributed by atoms with Crippen molar-refractivity contribution in [2.75, 3.05) is 19.6 Å². The van der Waals surface area contributed by atoms with Gasteiger partial charge in [-0.25, -0.2) is 4.68 Å². The zero-order valence-electron chi connectivity index (χ0n) is 17.3. The molecule has 3 aromatic rings. The molecular formula is C23H24N6O2. The van der Waals surface area contributed by atoms with Gasteiger partial charge in [0, 0.05) is 31.7 Å². The molecule has 1 aromatic carbocycles. The van der Waals surface area contributed by atoms with Gasteiger partial charge in [0.15, 0.2) is 0 Å². The van der Waals surface area contributed by atoms with Crippen LogP contribution in [0, 0.1) is 11.3 Å². The fourth-order valence-electron chi connectivity index (χ4n) is 3.97. The molecule has 1 saturated heterocycles. The Morgan fingerprint density at radius 3 is 2.77 bits per heavy atom. The number of hydrogen-bond acceptors (Lipinski definition) is 4. The molecule has 4 rings (SSSR count). The lowest BCUT2D eigenvalue weighted by Gasteiger charge is -2.32. The summed E-state index contributed by atoms with van der Waals surface area (Å²) >= 11 is 0. The number of rotatable bonds is 5. The second-order valence-electron chi connectivity index (χ2n) is 7.56. The van der Waals surface area contributed by atoms with Gasteiger partial charge in [0.1, 0.15) is 17.5 Å². The van der Waals surface area contributed by atoms with Crippen LogP contribution in [0.15, 0.2) is 48.7 Å². The summed E-state index contributed by atoms with van der Waals surface area (Å²) in [6.45, 7) is 3.51. The van der Waals surface area contributed by atoms with Crippen molar-refractivity contribution in [2.24, 2.45) is 0 Å². The molecule has 31 heavy (non-hydrogen) atoms. The number of hydrogen-bond donors (Lipinski definition) is 2. The van der Waals surface area contributed by atoms with E-state index in [4.69, 9.17) is 10.4 Å².